The van der Waals surface area contributed by atoms with Gasteiger partial charge in [-0.25, -0.2) is 0 Å². The zero-order valence-electron chi connectivity index (χ0n) is 12.0. The molecule has 1 fully saturated rings. The summed E-state index contributed by atoms with van der Waals surface area (Å²) in [6.07, 6.45) is 2.21. The van der Waals surface area contributed by atoms with E-state index in [9.17, 15) is 4.79 Å². The highest BCUT2D eigenvalue weighted by Gasteiger charge is 2.25. The van der Waals surface area contributed by atoms with E-state index in [0.717, 1.165) is 30.7 Å². The largest absolute Gasteiger partial charge is 0.494 e. The number of aryl methyl sites for hydroxylation is 1. The average molecular weight is 277 g/mol. The topological polar surface area (TPSA) is 49.8 Å². The SMILES string of the molecule is CCOc1ccc(CCC(=O)N2CCC(CO)C2)cc1. The molecule has 1 aliphatic rings. The molecular weight excluding hydrogens is 254 g/mol. The van der Waals surface area contributed by atoms with Gasteiger partial charge in [0.25, 0.3) is 0 Å². The van der Waals surface area contributed by atoms with Gasteiger partial charge in [-0.15, -0.1) is 0 Å². The van der Waals surface area contributed by atoms with Crippen LogP contribution in [0.5, 0.6) is 5.75 Å². The van der Waals surface area contributed by atoms with Crippen LogP contribution in [0.15, 0.2) is 24.3 Å². The van der Waals surface area contributed by atoms with Crippen molar-refractivity contribution in [3.8, 4) is 5.75 Å². The van der Waals surface area contributed by atoms with Crippen molar-refractivity contribution in [1.82, 2.24) is 4.90 Å². The van der Waals surface area contributed by atoms with E-state index in [1.807, 2.05) is 36.1 Å². The second-order valence-corrected chi connectivity index (χ2v) is 5.25. The van der Waals surface area contributed by atoms with Gasteiger partial charge < -0.3 is 14.7 Å². The summed E-state index contributed by atoms with van der Waals surface area (Å²) < 4.78 is 5.39. The van der Waals surface area contributed by atoms with Gasteiger partial charge in [-0.05, 0) is 37.5 Å². The molecule has 4 nitrogen and oxygen atoms in total. The normalized spacial score (nSPS) is 18.3. The third kappa shape index (κ3) is 3.97. The van der Waals surface area contributed by atoms with Gasteiger partial charge in [0.1, 0.15) is 5.75 Å². The highest BCUT2D eigenvalue weighted by Crippen LogP contribution is 2.18. The summed E-state index contributed by atoms with van der Waals surface area (Å²) in [6, 6.07) is 7.92. The van der Waals surface area contributed by atoms with Crippen LogP contribution >= 0.6 is 0 Å². The standard InChI is InChI=1S/C16H23NO3/c1-2-20-15-6-3-13(4-7-15)5-8-16(19)17-10-9-14(11-17)12-18/h3-4,6-7,14,18H,2,5,8-12H2,1H3. The van der Waals surface area contributed by atoms with Gasteiger partial charge in [-0.1, -0.05) is 12.1 Å². The van der Waals surface area contributed by atoms with Crippen molar-refractivity contribution >= 4 is 5.91 Å². The van der Waals surface area contributed by atoms with E-state index >= 15 is 0 Å². The second kappa shape index (κ2) is 7.29. The molecule has 0 radical (unpaired) electrons. The molecule has 0 saturated carbocycles. The van der Waals surface area contributed by atoms with Crippen LogP contribution < -0.4 is 4.74 Å². The quantitative estimate of drug-likeness (QED) is 0.863. The third-order valence-corrected chi connectivity index (χ3v) is 3.76. The van der Waals surface area contributed by atoms with Gasteiger partial charge in [0.2, 0.25) is 5.91 Å². The lowest BCUT2D eigenvalue weighted by molar-refractivity contribution is -0.130. The monoisotopic (exact) mass is 277 g/mol. The lowest BCUT2D eigenvalue weighted by Crippen LogP contribution is -2.29. The Labute approximate surface area is 120 Å². The maximum atomic E-state index is 12.1. The zero-order valence-corrected chi connectivity index (χ0v) is 12.0. The van der Waals surface area contributed by atoms with E-state index in [1.54, 1.807) is 0 Å². The average Bonchev–Trinajstić information content (AvgIpc) is 2.95. The molecule has 0 bridgehead atoms. The molecule has 0 spiro atoms. The summed E-state index contributed by atoms with van der Waals surface area (Å²) in [4.78, 5) is 13.9. The van der Waals surface area contributed by atoms with Crippen molar-refractivity contribution in [2.24, 2.45) is 5.92 Å². The van der Waals surface area contributed by atoms with Gasteiger partial charge in [0.15, 0.2) is 0 Å². The number of benzene rings is 1. The minimum Gasteiger partial charge on any atom is -0.494 e. The Balaban J connectivity index is 1.78. The Hall–Kier alpha value is -1.55. The number of aliphatic hydroxyl groups is 1. The van der Waals surface area contributed by atoms with Crippen LogP contribution in [0.4, 0.5) is 0 Å². The molecular formula is C16H23NO3. The lowest BCUT2D eigenvalue weighted by atomic mass is 10.1. The molecule has 1 aromatic rings. The smallest absolute Gasteiger partial charge is 0.222 e. The molecule has 1 aliphatic heterocycles. The summed E-state index contributed by atoms with van der Waals surface area (Å²) in [5, 5.41) is 9.09. The number of ether oxygens (including phenoxy) is 1. The highest BCUT2D eigenvalue weighted by atomic mass is 16.5. The summed E-state index contributed by atoms with van der Waals surface area (Å²) in [7, 11) is 0. The molecule has 4 heteroatoms. The minimum atomic E-state index is 0.183. The Morgan fingerprint density at radius 3 is 2.75 bits per heavy atom. The molecule has 1 heterocycles. The number of aliphatic hydroxyl groups excluding tert-OH is 1. The van der Waals surface area contributed by atoms with Crippen LogP contribution in [0, 0.1) is 5.92 Å². The molecule has 1 N–H and O–H groups in total. The van der Waals surface area contributed by atoms with E-state index in [2.05, 4.69) is 0 Å². The number of likely N-dealkylation sites (tertiary alicyclic amines) is 1. The predicted molar refractivity (Wildman–Crippen MR) is 77.7 cm³/mol. The lowest BCUT2D eigenvalue weighted by Gasteiger charge is -2.16. The van der Waals surface area contributed by atoms with Crippen LogP contribution in [0.2, 0.25) is 0 Å². The van der Waals surface area contributed by atoms with Crippen LogP contribution in [0.25, 0.3) is 0 Å². The first-order chi connectivity index (χ1) is 9.72. The van der Waals surface area contributed by atoms with Crippen molar-refractivity contribution < 1.29 is 14.6 Å². The fourth-order valence-electron chi connectivity index (χ4n) is 2.54. The number of amides is 1. The number of hydrogen-bond acceptors (Lipinski definition) is 3. The van der Waals surface area contributed by atoms with E-state index in [1.165, 1.54) is 0 Å². The Kier molecular flexibility index (Phi) is 5.41. The van der Waals surface area contributed by atoms with E-state index in [0.29, 0.717) is 19.6 Å². The molecule has 2 rings (SSSR count). The van der Waals surface area contributed by atoms with E-state index in [-0.39, 0.29) is 18.4 Å². The van der Waals surface area contributed by atoms with Gasteiger partial charge >= 0.3 is 0 Å². The van der Waals surface area contributed by atoms with Crippen molar-refractivity contribution in [3.05, 3.63) is 29.8 Å². The molecule has 0 aromatic heterocycles. The Bertz CT molecular complexity index is 430. The van der Waals surface area contributed by atoms with Crippen molar-refractivity contribution in [2.75, 3.05) is 26.3 Å². The van der Waals surface area contributed by atoms with Crippen LogP contribution in [0.3, 0.4) is 0 Å². The van der Waals surface area contributed by atoms with E-state index < -0.39 is 0 Å². The number of rotatable bonds is 6. The fourth-order valence-corrected chi connectivity index (χ4v) is 2.54. The van der Waals surface area contributed by atoms with Gasteiger partial charge in [0.05, 0.1) is 6.61 Å². The van der Waals surface area contributed by atoms with E-state index in [4.69, 9.17) is 9.84 Å². The first-order valence-corrected chi connectivity index (χ1v) is 7.33. The number of carbonyl (C=O) groups excluding carboxylic acids is 1. The van der Waals surface area contributed by atoms with Gasteiger partial charge in [-0.3, -0.25) is 4.79 Å². The van der Waals surface area contributed by atoms with Crippen LogP contribution in [-0.4, -0.2) is 42.2 Å². The minimum absolute atomic E-state index is 0.183. The molecule has 1 atom stereocenters. The van der Waals surface area contributed by atoms with Crippen molar-refractivity contribution in [1.29, 1.82) is 0 Å². The highest BCUT2D eigenvalue weighted by molar-refractivity contribution is 5.76. The summed E-state index contributed by atoms with van der Waals surface area (Å²) in [5.41, 5.74) is 1.15. The first kappa shape index (κ1) is 14.9. The van der Waals surface area contributed by atoms with Crippen molar-refractivity contribution in [2.45, 2.75) is 26.2 Å². The molecule has 20 heavy (non-hydrogen) atoms. The summed E-state index contributed by atoms with van der Waals surface area (Å²) in [6.45, 7) is 4.30. The maximum Gasteiger partial charge on any atom is 0.222 e. The molecule has 1 aromatic carbocycles. The molecule has 0 aliphatic carbocycles. The third-order valence-electron chi connectivity index (χ3n) is 3.76. The predicted octanol–water partition coefficient (Wildman–Crippen LogP) is 1.86. The first-order valence-electron chi connectivity index (χ1n) is 7.33. The molecule has 110 valence electrons. The molecule has 1 saturated heterocycles. The molecule has 1 amide bonds. The number of hydrogen-bond donors (Lipinski definition) is 1. The summed E-state index contributed by atoms with van der Waals surface area (Å²) >= 11 is 0. The fraction of sp³-hybridized carbons (Fsp3) is 0.562. The van der Waals surface area contributed by atoms with Crippen molar-refractivity contribution in [3.63, 3.8) is 0 Å². The Morgan fingerprint density at radius 1 is 1.40 bits per heavy atom. The zero-order chi connectivity index (χ0) is 14.4. The Morgan fingerprint density at radius 2 is 2.15 bits per heavy atom. The van der Waals surface area contributed by atoms with Gasteiger partial charge in [0, 0.05) is 32.0 Å². The second-order valence-electron chi connectivity index (χ2n) is 5.25. The summed E-state index contributed by atoms with van der Waals surface area (Å²) in [5.74, 6) is 1.33. The van der Waals surface area contributed by atoms with Crippen LogP contribution in [0.1, 0.15) is 25.3 Å². The van der Waals surface area contributed by atoms with Crippen LogP contribution in [-0.2, 0) is 11.2 Å². The maximum absolute atomic E-state index is 12.1. The molecule has 1 unspecified atom stereocenters. The van der Waals surface area contributed by atoms with Gasteiger partial charge in [-0.2, -0.15) is 0 Å². The number of carbonyl (C=O) groups is 1. The number of nitrogens with zero attached hydrogens (tertiary/aromatic N) is 1.